The molecule has 0 radical (unpaired) electrons. The number of aromatic nitrogens is 1. The van der Waals surface area contributed by atoms with Crippen LogP contribution in [0.1, 0.15) is 16.1 Å². The van der Waals surface area contributed by atoms with Gasteiger partial charge in [0.05, 0.1) is 19.8 Å². The van der Waals surface area contributed by atoms with Crippen LogP contribution in [0.4, 0.5) is 0 Å². The number of hydrogen-bond donors (Lipinski definition) is 2. The molecule has 2 N–H and O–H groups in total. The highest BCUT2D eigenvalue weighted by molar-refractivity contribution is 6.31. The number of nitrogens with zero attached hydrogens (tertiary/aromatic N) is 1. The van der Waals surface area contributed by atoms with Crippen LogP contribution in [-0.4, -0.2) is 42.4 Å². The molecule has 0 aliphatic rings. The van der Waals surface area contributed by atoms with Crippen LogP contribution in [-0.2, 0) is 4.74 Å². The lowest BCUT2D eigenvalue weighted by molar-refractivity contribution is 0.0835. The number of amides is 1. The lowest BCUT2D eigenvalue weighted by Gasteiger charge is -2.07. The highest BCUT2D eigenvalue weighted by Gasteiger charge is 2.11. The van der Waals surface area contributed by atoms with E-state index in [0.717, 1.165) is 0 Å². The summed E-state index contributed by atoms with van der Waals surface area (Å²) in [5, 5.41) is 11.7. The second kappa shape index (κ2) is 7.21. The van der Waals surface area contributed by atoms with Crippen molar-refractivity contribution in [2.24, 2.45) is 0 Å². The van der Waals surface area contributed by atoms with Crippen molar-refractivity contribution < 1.29 is 14.6 Å². The molecule has 0 aliphatic carbocycles. The van der Waals surface area contributed by atoms with Crippen LogP contribution < -0.4 is 5.32 Å². The molecular weight excluding hydrogens is 244 g/mol. The number of halogens is 1. The van der Waals surface area contributed by atoms with Crippen molar-refractivity contribution in [1.82, 2.24) is 10.3 Å². The third-order valence-electron chi connectivity index (χ3n) is 2.12. The predicted octanol–water partition coefficient (Wildman–Crippen LogP) is 0.782. The molecule has 0 spiro atoms. The van der Waals surface area contributed by atoms with Crippen molar-refractivity contribution in [3.8, 4) is 0 Å². The van der Waals surface area contributed by atoms with Crippen molar-refractivity contribution in [3.63, 3.8) is 0 Å². The molecule has 5 nitrogen and oxygen atoms in total. The number of carbonyl (C=O) groups is 1. The Hall–Kier alpha value is -1.17. The van der Waals surface area contributed by atoms with E-state index in [-0.39, 0.29) is 19.1 Å². The molecule has 0 aromatic carbocycles. The van der Waals surface area contributed by atoms with E-state index < -0.39 is 0 Å². The van der Waals surface area contributed by atoms with Gasteiger partial charge in [-0.3, -0.25) is 9.78 Å². The Morgan fingerprint density at radius 3 is 3.06 bits per heavy atom. The Labute approximate surface area is 105 Å². The van der Waals surface area contributed by atoms with Crippen LogP contribution in [0.15, 0.2) is 12.3 Å². The molecule has 1 amide bonds. The average Bonchev–Trinajstić information content (AvgIpc) is 2.32. The molecule has 17 heavy (non-hydrogen) atoms. The Morgan fingerprint density at radius 1 is 1.59 bits per heavy atom. The lowest BCUT2D eigenvalue weighted by Crippen LogP contribution is -2.29. The van der Waals surface area contributed by atoms with Gasteiger partial charge in [0.1, 0.15) is 5.69 Å². The van der Waals surface area contributed by atoms with Crippen molar-refractivity contribution in [1.29, 1.82) is 0 Å². The van der Waals surface area contributed by atoms with E-state index in [4.69, 9.17) is 21.4 Å². The molecular formula is C11H15ClN2O3. The van der Waals surface area contributed by atoms with E-state index in [1.54, 1.807) is 13.0 Å². The quantitative estimate of drug-likeness (QED) is 0.740. The maximum atomic E-state index is 11.7. The summed E-state index contributed by atoms with van der Waals surface area (Å²) in [4.78, 5) is 15.7. The van der Waals surface area contributed by atoms with Gasteiger partial charge in [-0.05, 0) is 18.6 Å². The zero-order chi connectivity index (χ0) is 12.7. The summed E-state index contributed by atoms with van der Waals surface area (Å²) >= 11 is 5.89. The summed E-state index contributed by atoms with van der Waals surface area (Å²) in [5.74, 6) is -0.280. The first-order valence-corrected chi connectivity index (χ1v) is 5.62. The van der Waals surface area contributed by atoms with Crippen molar-refractivity contribution in [3.05, 3.63) is 28.5 Å². The number of nitrogens with one attached hydrogen (secondary N) is 1. The highest BCUT2D eigenvalue weighted by atomic mass is 35.5. The maximum Gasteiger partial charge on any atom is 0.270 e. The van der Waals surface area contributed by atoms with Crippen LogP contribution in [0.3, 0.4) is 0 Å². The SMILES string of the molecule is Cc1c(Cl)ccnc1C(=O)NCCOCCO. The molecule has 0 atom stereocenters. The van der Waals surface area contributed by atoms with E-state index in [9.17, 15) is 4.79 Å². The van der Waals surface area contributed by atoms with Gasteiger partial charge in [0.15, 0.2) is 0 Å². The third kappa shape index (κ3) is 4.30. The highest BCUT2D eigenvalue weighted by Crippen LogP contribution is 2.16. The minimum absolute atomic E-state index is 0.0249. The van der Waals surface area contributed by atoms with Crippen molar-refractivity contribution >= 4 is 17.5 Å². The van der Waals surface area contributed by atoms with Crippen LogP contribution in [0, 0.1) is 6.92 Å². The number of pyridine rings is 1. The van der Waals surface area contributed by atoms with Gasteiger partial charge in [-0.15, -0.1) is 0 Å². The topological polar surface area (TPSA) is 71.5 Å². The van der Waals surface area contributed by atoms with Crippen molar-refractivity contribution in [2.75, 3.05) is 26.4 Å². The number of aliphatic hydroxyl groups excluding tert-OH is 1. The first-order valence-electron chi connectivity index (χ1n) is 5.24. The maximum absolute atomic E-state index is 11.7. The fraction of sp³-hybridized carbons (Fsp3) is 0.455. The average molecular weight is 259 g/mol. The van der Waals surface area contributed by atoms with Crippen LogP contribution in [0.25, 0.3) is 0 Å². The standard InChI is InChI=1S/C11H15ClN2O3/c1-8-9(12)2-3-13-10(8)11(16)14-4-6-17-7-5-15/h2-3,15H,4-7H2,1H3,(H,14,16). The van der Waals surface area contributed by atoms with Crippen LogP contribution in [0.2, 0.25) is 5.02 Å². The molecule has 6 heteroatoms. The second-order valence-electron chi connectivity index (χ2n) is 3.36. The monoisotopic (exact) mass is 258 g/mol. The zero-order valence-electron chi connectivity index (χ0n) is 9.57. The number of aliphatic hydroxyl groups is 1. The van der Waals surface area contributed by atoms with E-state index in [1.165, 1.54) is 6.20 Å². The van der Waals surface area contributed by atoms with Gasteiger partial charge < -0.3 is 15.2 Å². The molecule has 0 saturated carbocycles. The lowest BCUT2D eigenvalue weighted by atomic mass is 10.2. The largest absolute Gasteiger partial charge is 0.394 e. The Balaban J connectivity index is 2.44. The van der Waals surface area contributed by atoms with Gasteiger partial charge >= 0.3 is 0 Å². The summed E-state index contributed by atoms with van der Waals surface area (Å²) in [6, 6.07) is 1.64. The Morgan fingerprint density at radius 2 is 2.35 bits per heavy atom. The molecule has 0 aliphatic heterocycles. The number of ether oxygens (including phenoxy) is 1. The van der Waals surface area contributed by atoms with Gasteiger partial charge in [0.25, 0.3) is 5.91 Å². The van der Waals surface area contributed by atoms with E-state index >= 15 is 0 Å². The van der Waals surface area contributed by atoms with E-state index in [0.29, 0.717) is 29.4 Å². The van der Waals surface area contributed by atoms with E-state index in [2.05, 4.69) is 10.3 Å². The molecule has 0 unspecified atom stereocenters. The normalized spacial score (nSPS) is 10.3. The molecule has 1 rings (SSSR count). The smallest absolute Gasteiger partial charge is 0.270 e. The van der Waals surface area contributed by atoms with Gasteiger partial charge in [0.2, 0.25) is 0 Å². The Kier molecular flexibility index (Phi) is 5.90. The van der Waals surface area contributed by atoms with Gasteiger partial charge in [0, 0.05) is 17.8 Å². The summed E-state index contributed by atoms with van der Waals surface area (Å²) in [6.07, 6.45) is 1.49. The fourth-order valence-electron chi connectivity index (χ4n) is 1.23. The van der Waals surface area contributed by atoms with Crippen LogP contribution in [0.5, 0.6) is 0 Å². The third-order valence-corrected chi connectivity index (χ3v) is 2.53. The minimum atomic E-state index is -0.280. The Bertz CT molecular complexity index is 385. The fourth-order valence-corrected chi connectivity index (χ4v) is 1.37. The molecule has 1 heterocycles. The van der Waals surface area contributed by atoms with Gasteiger partial charge in [-0.2, -0.15) is 0 Å². The molecule has 1 aromatic rings. The molecule has 1 aromatic heterocycles. The summed E-state index contributed by atoms with van der Waals surface area (Å²) < 4.78 is 5.01. The summed E-state index contributed by atoms with van der Waals surface area (Å²) in [6.45, 7) is 2.71. The van der Waals surface area contributed by atoms with Crippen LogP contribution >= 0.6 is 11.6 Å². The summed E-state index contributed by atoms with van der Waals surface area (Å²) in [5.41, 5.74) is 0.975. The van der Waals surface area contributed by atoms with Gasteiger partial charge in [-0.1, -0.05) is 11.6 Å². The second-order valence-corrected chi connectivity index (χ2v) is 3.77. The van der Waals surface area contributed by atoms with Crippen molar-refractivity contribution in [2.45, 2.75) is 6.92 Å². The number of carbonyl (C=O) groups excluding carboxylic acids is 1. The first-order chi connectivity index (χ1) is 8.16. The summed E-state index contributed by atoms with van der Waals surface area (Å²) in [7, 11) is 0. The van der Waals surface area contributed by atoms with Gasteiger partial charge in [-0.25, -0.2) is 0 Å². The first kappa shape index (κ1) is 13.9. The molecule has 0 bridgehead atoms. The zero-order valence-corrected chi connectivity index (χ0v) is 10.3. The minimum Gasteiger partial charge on any atom is -0.394 e. The van der Waals surface area contributed by atoms with E-state index in [1.807, 2.05) is 0 Å². The molecule has 0 fully saturated rings. The number of rotatable bonds is 6. The molecule has 0 saturated heterocycles. The number of hydrogen-bond acceptors (Lipinski definition) is 4. The molecule has 94 valence electrons. The predicted molar refractivity (Wildman–Crippen MR) is 64.2 cm³/mol.